The van der Waals surface area contributed by atoms with E-state index in [2.05, 4.69) is 0 Å². The molecule has 2 N–H and O–H groups in total. The van der Waals surface area contributed by atoms with E-state index >= 15 is 0 Å². The molecule has 0 aromatic heterocycles. The molecule has 0 fully saturated rings. The van der Waals surface area contributed by atoms with Gasteiger partial charge in [-0.25, -0.2) is 0 Å². The van der Waals surface area contributed by atoms with E-state index in [1.54, 1.807) is 24.3 Å². The smallest absolute Gasteiger partial charge is 0.178 e. The Kier molecular flexibility index (Phi) is 3.97. The van der Waals surface area contributed by atoms with Crippen LogP contribution in [0.25, 0.3) is 0 Å². The number of hydrogen-bond acceptors (Lipinski definition) is 3. The summed E-state index contributed by atoms with van der Waals surface area (Å²) in [6.07, 6.45) is 0. The summed E-state index contributed by atoms with van der Waals surface area (Å²) < 4.78 is 5.80. The van der Waals surface area contributed by atoms with Gasteiger partial charge in [-0.05, 0) is 34.6 Å². The van der Waals surface area contributed by atoms with Crippen molar-refractivity contribution in [1.82, 2.24) is 0 Å². The van der Waals surface area contributed by atoms with E-state index in [0.717, 1.165) is 0 Å². The predicted octanol–water partition coefficient (Wildman–Crippen LogP) is -0.767. The van der Waals surface area contributed by atoms with Crippen LogP contribution in [0.4, 0.5) is 0 Å². The summed E-state index contributed by atoms with van der Waals surface area (Å²) in [6.45, 7) is 0. The van der Waals surface area contributed by atoms with Crippen molar-refractivity contribution >= 4 is 29.9 Å². The molecule has 0 aliphatic rings. The molecule has 0 amide bonds. The van der Waals surface area contributed by atoms with Gasteiger partial charge in [0.1, 0.15) is 11.5 Å². The number of hydrogen-bond donors (Lipinski definition) is 2. The number of rotatable bonds is 4. The van der Waals surface area contributed by atoms with Crippen LogP contribution in [0.15, 0.2) is 48.5 Å². The SMILES string of the molecule is Oc1ccc([SiH2]O[SiH2]c2ccc(O)cc2)cc1. The van der Waals surface area contributed by atoms with Crippen LogP contribution in [0, 0.1) is 0 Å². The number of phenols is 2. The topological polar surface area (TPSA) is 49.7 Å². The summed E-state index contributed by atoms with van der Waals surface area (Å²) in [7, 11) is -1.39. The minimum atomic E-state index is -0.693. The molecule has 0 aliphatic carbocycles. The fourth-order valence-corrected chi connectivity index (χ4v) is 4.62. The number of benzene rings is 2. The number of phenolic OH excluding ortho intramolecular Hbond substituents is 2. The summed E-state index contributed by atoms with van der Waals surface area (Å²) in [6, 6.07) is 14.4. The molecule has 0 atom stereocenters. The van der Waals surface area contributed by atoms with Gasteiger partial charge in [-0.15, -0.1) is 0 Å². The van der Waals surface area contributed by atoms with Crippen LogP contribution in [0.1, 0.15) is 0 Å². The Morgan fingerprint density at radius 1 is 0.647 bits per heavy atom. The van der Waals surface area contributed by atoms with Crippen LogP contribution in [0.3, 0.4) is 0 Å². The molecule has 0 heterocycles. The van der Waals surface area contributed by atoms with Crippen LogP contribution in [0.2, 0.25) is 0 Å². The van der Waals surface area contributed by atoms with Gasteiger partial charge in [-0.2, -0.15) is 0 Å². The third-order valence-corrected chi connectivity index (χ3v) is 5.65. The van der Waals surface area contributed by atoms with Crippen molar-refractivity contribution in [2.24, 2.45) is 0 Å². The Morgan fingerprint density at radius 2 is 1.00 bits per heavy atom. The lowest BCUT2D eigenvalue weighted by molar-refractivity contribution is 0.475. The molecule has 0 spiro atoms. The molecule has 2 aromatic carbocycles. The highest BCUT2D eigenvalue weighted by atomic mass is 28.3. The fraction of sp³-hybridized carbons (Fsp3) is 0. The molecule has 0 radical (unpaired) electrons. The lowest BCUT2D eigenvalue weighted by Gasteiger charge is -2.04. The van der Waals surface area contributed by atoms with E-state index in [9.17, 15) is 0 Å². The van der Waals surface area contributed by atoms with Gasteiger partial charge in [-0.1, -0.05) is 24.3 Å². The zero-order valence-electron chi connectivity index (χ0n) is 9.34. The lowest BCUT2D eigenvalue weighted by Crippen LogP contribution is -2.25. The van der Waals surface area contributed by atoms with Gasteiger partial charge >= 0.3 is 0 Å². The van der Waals surface area contributed by atoms with Gasteiger partial charge in [0.25, 0.3) is 0 Å². The highest BCUT2D eigenvalue weighted by Gasteiger charge is 1.97. The molecule has 2 aromatic rings. The third kappa shape index (κ3) is 3.74. The maximum atomic E-state index is 9.15. The van der Waals surface area contributed by atoms with Gasteiger partial charge in [0.15, 0.2) is 19.5 Å². The van der Waals surface area contributed by atoms with Gasteiger partial charge in [-0.3, -0.25) is 0 Å². The van der Waals surface area contributed by atoms with Gasteiger partial charge in [0.2, 0.25) is 0 Å². The van der Waals surface area contributed by atoms with Crippen molar-refractivity contribution < 1.29 is 14.3 Å². The molecule has 0 aliphatic heterocycles. The predicted molar refractivity (Wildman–Crippen MR) is 73.7 cm³/mol. The maximum Gasteiger partial charge on any atom is 0.178 e. The Bertz CT molecular complexity index is 423. The van der Waals surface area contributed by atoms with E-state index in [-0.39, 0.29) is 0 Å². The van der Waals surface area contributed by atoms with Crippen molar-refractivity contribution in [2.75, 3.05) is 0 Å². The van der Waals surface area contributed by atoms with Crippen LogP contribution in [-0.4, -0.2) is 29.7 Å². The molecule has 2 rings (SSSR count). The van der Waals surface area contributed by atoms with E-state index in [4.69, 9.17) is 14.3 Å². The normalized spacial score (nSPS) is 11.8. The highest BCUT2D eigenvalue weighted by Crippen LogP contribution is 2.03. The largest absolute Gasteiger partial charge is 0.508 e. The molecular weight excluding hydrogens is 248 g/mol. The Morgan fingerprint density at radius 3 is 1.35 bits per heavy atom. The van der Waals surface area contributed by atoms with Crippen molar-refractivity contribution in [2.45, 2.75) is 0 Å². The van der Waals surface area contributed by atoms with Crippen LogP contribution < -0.4 is 10.4 Å². The second-order valence-corrected chi connectivity index (χ2v) is 7.67. The monoisotopic (exact) mass is 262 g/mol. The third-order valence-electron chi connectivity index (χ3n) is 2.41. The van der Waals surface area contributed by atoms with Crippen molar-refractivity contribution in [3.05, 3.63) is 48.5 Å². The molecule has 0 bridgehead atoms. The Balaban J connectivity index is 1.83. The first-order chi connectivity index (χ1) is 8.24. The first kappa shape index (κ1) is 11.9. The zero-order chi connectivity index (χ0) is 12.1. The fourth-order valence-electron chi connectivity index (χ4n) is 1.47. The average Bonchev–Trinajstić information content (AvgIpc) is 2.34. The summed E-state index contributed by atoms with van der Waals surface area (Å²) in [5.41, 5.74) is 0. The molecular formula is C12H14O3Si2. The minimum absolute atomic E-state index is 0.290. The zero-order valence-corrected chi connectivity index (χ0v) is 12.2. The summed E-state index contributed by atoms with van der Waals surface area (Å²) in [5, 5.41) is 20.7. The standard InChI is InChI=1S/C12H14O3Si2/c13-9-1-5-11(6-2-9)16-15-17-12-7-3-10(14)4-8-12/h1-8,13-14H,16-17H2. The molecule has 0 saturated carbocycles. The molecule has 88 valence electrons. The molecule has 3 nitrogen and oxygen atoms in total. The minimum Gasteiger partial charge on any atom is -0.508 e. The summed E-state index contributed by atoms with van der Waals surface area (Å²) >= 11 is 0. The Labute approximate surface area is 105 Å². The van der Waals surface area contributed by atoms with Crippen LogP contribution >= 0.6 is 0 Å². The molecule has 0 saturated heterocycles. The molecule has 17 heavy (non-hydrogen) atoms. The van der Waals surface area contributed by atoms with Gasteiger partial charge in [0, 0.05) is 0 Å². The van der Waals surface area contributed by atoms with E-state index < -0.39 is 19.5 Å². The first-order valence-corrected chi connectivity index (χ1v) is 7.94. The summed E-state index contributed by atoms with van der Waals surface area (Å²) in [5.74, 6) is 0.581. The van der Waals surface area contributed by atoms with Crippen LogP contribution in [0.5, 0.6) is 11.5 Å². The van der Waals surface area contributed by atoms with Gasteiger partial charge < -0.3 is 14.3 Å². The molecule has 5 heteroatoms. The van der Waals surface area contributed by atoms with E-state index in [1.807, 2.05) is 24.3 Å². The van der Waals surface area contributed by atoms with Crippen molar-refractivity contribution in [3.63, 3.8) is 0 Å². The summed E-state index contributed by atoms with van der Waals surface area (Å²) in [4.78, 5) is 0. The molecule has 0 unspecified atom stereocenters. The quantitative estimate of drug-likeness (QED) is 0.712. The second-order valence-electron chi connectivity index (χ2n) is 3.83. The van der Waals surface area contributed by atoms with Crippen molar-refractivity contribution in [3.8, 4) is 11.5 Å². The lowest BCUT2D eigenvalue weighted by atomic mass is 10.3. The van der Waals surface area contributed by atoms with Gasteiger partial charge in [0.05, 0.1) is 0 Å². The van der Waals surface area contributed by atoms with Crippen LogP contribution in [-0.2, 0) is 4.12 Å². The first-order valence-electron chi connectivity index (χ1n) is 5.37. The van der Waals surface area contributed by atoms with Crippen molar-refractivity contribution in [1.29, 1.82) is 0 Å². The van der Waals surface area contributed by atoms with E-state index in [0.29, 0.717) is 11.5 Å². The average molecular weight is 262 g/mol. The maximum absolute atomic E-state index is 9.15. The second kappa shape index (κ2) is 5.67. The highest BCUT2D eigenvalue weighted by molar-refractivity contribution is 6.60. The Hall–Kier alpha value is -1.57. The van der Waals surface area contributed by atoms with E-state index in [1.165, 1.54) is 10.4 Å². The number of aromatic hydroxyl groups is 2.